The van der Waals surface area contributed by atoms with Gasteiger partial charge in [0.25, 0.3) is 5.91 Å². The van der Waals surface area contributed by atoms with Gasteiger partial charge in [0.2, 0.25) is 0 Å². The van der Waals surface area contributed by atoms with E-state index in [1.54, 1.807) is 42.5 Å². The Labute approximate surface area is 130 Å². The van der Waals surface area contributed by atoms with Crippen molar-refractivity contribution in [1.82, 2.24) is 5.32 Å². The fourth-order valence-corrected chi connectivity index (χ4v) is 2.00. The maximum Gasteiger partial charge on any atom is 0.257 e. The Morgan fingerprint density at radius 1 is 1.15 bits per heavy atom. The molecule has 4 nitrogen and oxygen atoms in total. The summed E-state index contributed by atoms with van der Waals surface area (Å²) < 4.78 is 0.898. The molecule has 2 aromatic rings. The van der Waals surface area contributed by atoms with Crippen molar-refractivity contribution in [3.63, 3.8) is 0 Å². The van der Waals surface area contributed by atoms with Crippen LogP contribution in [0.4, 0.5) is 5.69 Å². The Morgan fingerprint density at radius 2 is 1.85 bits per heavy atom. The van der Waals surface area contributed by atoms with Crippen molar-refractivity contribution in [2.24, 2.45) is 0 Å². The molecular weight excluding hydrogens is 340 g/mol. The molecule has 3 N–H and O–H groups in total. The van der Waals surface area contributed by atoms with Gasteiger partial charge in [0.15, 0.2) is 5.11 Å². The van der Waals surface area contributed by atoms with E-state index in [9.17, 15) is 9.90 Å². The molecule has 0 aliphatic rings. The van der Waals surface area contributed by atoms with E-state index in [0.717, 1.165) is 4.47 Å². The lowest BCUT2D eigenvalue weighted by atomic mass is 10.2. The molecule has 0 aromatic heterocycles. The number of thiocarbonyl (C=S) groups is 1. The molecule has 102 valence electrons. The van der Waals surface area contributed by atoms with Crippen LogP contribution in [0.25, 0.3) is 0 Å². The first-order valence-electron chi connectivity index (χ1n) is 5.71. The number of nitrogens with one attached hydrogen (secondary N) is 2. The number of carbonyl (C=O) groups excluding carboxylic acids is 1. The predicted molar refractivity (Wildman–Crippen MR) is 85.9 cm³/mol. The van der Waals surface area contributed by atoms with Gasteiger partial charge in [-0.15, -0.1) is 0 Å². The van der Waals surface area contributed by atoms with Crippen molar-refractivity contribution in [3.8, 4) is 5.75 Å². The lowest BCUT2D eigenvalue weighted by Crippen LogP contribution is -2.34. The Bertz CT molecular complexity index is 644. The summed E-state index contributed by atoms with van der Waals surface area (Å²) >= 11 is 8.35. The number of carbonyl (C=O) groups is 1. The third kappa shape index (κ3) is 4.04. The summed E-state index contributed by atoms with van der Waals surface area (Å²) in [5, 5.41) is 14.9. The zero-order chi connectivity index (χ0) is 14.5. The maximum atomic E-state index is 11.9. The van der Waals surface area contributed by atoms with E-state index in [1.807, 2.05) is 0 Å². The molecule has 0 heterocycles. The summed E-state index contributed by atoms with van der Waals surface area (Å²) in [5.41, 5.74) is 1.11. The summed E-state index contributed by atoms with van der Waals surface area (Å²) in [6.45, 7) is 0. The van der Waals surface area contributed by atoms with Crippen LogP contribution in [-0.4, -0.2) is 16.1 Å². The molecule has 0 unspecified atom stereocenters. The van der Waals surface area contributed by atoms with E-state index < -0.39 is 0 Å². The lowest BCUT2D eigenvalue weighted by Gasteiger charge is -2.09. The zero-order valence-electron chi connectivity index (χ0n) is 10.3. The van der Waals surface area contributed by atoms with Crippen molar-refractivity contribution in [3.05, 3.63) is 58.6 Å². The van der Waals surface area contributed by atoms with Gasteiger partial charge in [-0.3, -0.25) is 10.1 Å². The molecule has 20 heavy (non-hydrogen) atoms. The highest BCUT2D eigenvalue weighted by Crippen LogP contribution is 2.15. The number of halogens is 1. The smallest absolute Gasteiger partial charge is 0.257 e. The van der Waals surface area contributed by atoms with E-state index in [0.29, 0.717) is 11.3 Å². The first-order valence-corrected chi connectivity index (χ1v) is 6.91. The summed E-state index contributed by atoms with van der Waals surface area (Å²) in [7, 11) is 0. The highest BCUT2D eigenvalue weighted by Gasteiger charge is 2.07. The molecule has 6 heteroatoms. The third-order valence-electron chi connectivity index (χ3n) is 2.44. The van der Waals surface area contributed by atoms with Crippen molar-refractivity contribution in [2.45, 2.75) is 0 Å². The first-order chi connectivity index (χ1) is 9.54. The molecule has 0 spiro atoms. The average Bonchev–Trinajstić information content (AvgIpc) is 2.39. The van der Waals surface area contributed by atoms with Gasteiger partial charge in [-0.25, -0.2) is 0 Å². The summed E-state index contributed by atoms with van der Waals surface area (Å²) in [5.74, 6) is -0.174. The fraction of sp³-hybridized carbons (Fsp3) is 0. The minimum Gasteiger partial charge on any atom is -0.508 e. The Balaban J connectivity index is 1.97. The van der Waals surface area contributed by atoms with Gasteiger partial charge >= 0.3 is 0 Å². The minimum absolute atomic E-state index is 0.122. The van der Waals surface area contributed by atoms with Gasteiger partial charge in [-0.05, 0) is 48.6 Å². The summed E-state index contributed by atoms with van der Waals surface area (Å²) in [6, 6.07) is 13.4. The van der Waals surface area contributed by atoms with E-state index >= 15 is 0 Å². The van der Waals surface area contributed by atoms with Gasteiger partial charge in [0, 0.05) is 21.8 Å². The van der Waals surface area contributed by atoms with Crippen LogP contribution in [0, 0.1) is 0 Å². The van der Waals surface area contributed by atoms with Crippen LogP contribution in [0.3, 0.4) is 0 Å². The number of amides is 1. The van der Waals surface area contributed by atoms with Crippen molar-refractivity contribution in [2.75, 3.05) is 5.32 Å². The molecule has 0 radical (unpaired) electrons. The van der Waals surface area contributed by atoms with Crippen LogP contribution < -0.4 is 10.6 Å². The molecule has 0 bridgehead atoms. The molecule has 0 atom stereocenters. The Kier molecular flexibility index (Phi) is 4.70. The largest absolute Gasteiger partial charge is 0.508 e. The normalized spacial score (nSPS) is 9.85. The molecule has 0 aliphatic heterocycles. The van der Waals surface area contributed by atoms with E-state index in [4.69, 9.17) is 12.2 Å². The Morgan fingerprint density at radius 3 is 2.50 bits per heavy atom. The van der Waals surface area contributed by atoms with Crippen LogP contribution in [-0.2, 0) is 0 Å². The topological polar surface area (TPSA) is 61.4 Å². The number of anilines is 1. The quantitative estimate of drug-likeness (QED) is 0.727. The standard InChI is InChI=1S/C14H11BrN2O2S/c15-10-6-4-9(5-7-10)13(19)17-14(20)16-11-2-1-3-12(18)8-11/h1-8,18H,(H2,16,17,19,20). The van der Waals surface area contributed by atoms with Crippen LogP contribution in [0.5, 0.6) is 5.75 Å². The van der Waals surface area contributed by atoms with Crippen LogP contribution in [0.15, 0.2) is 53.0 Å². The summed E-state index contributed by atoms with van der Waals surface area (Å²) in [6.07, 6.45) is 0. The maximum absolute atomic E-state index is 11.9. The number of hydrogen-bond acceptors (Lipinski definition) is 3. The molecule has 2 rings (SSSR count). The number of benzene rings is 2. The molecule has 1 amide bonds. The van der Waals surface area contributed by atoms with E-state index in [1.165, 1.54) is 6.07 Å². The van der Waals surface area contributed by atoms with Gasteiger partial charge in [-0.1, -0.05) is 22.0 Å². The van der Waals surface area contributed by atoms with Crippen LogP contribution in [0.1, 0.15) is 10.4 Å². The van der Waals surface area contributed by atoms with E-state index in [-0.39, 0.29) is 16.8 Å². The molecule has 0 aliphatic carbocycles. The fourth-order valence-electron chi connectivity index (χ4n) is 1.52. The number of aromatic hydroxyl groups is 1. The van der Waals surface area contributed by atoms with Gasteiger partial charge in [0.05, 0.1) is 0 Å². The second-order valence-electron chi connectivity index (χ2n) is 3.97. The zero-order valence-corrected chi connectivity index (χ0v) is 12.7. The van der Waals surface area contributed by atoms with Crippen molar-refractivity contribution >= 4 is 44.9 Å². The number of hydrogen-bond donors (Lipinski definition) is 3. The lowest BCUT2D eigenvalue weighted by molar-refractivity contribution is 0.0977. The first kappa shape index (κ1) is 14.5. The summed E-state index contributed by atoms with van der Waals surface area (Å²) in [4.78, 5) is 11.9. The third-order valence-corrected chi connectivity index (χ3v) is 3.17. The van der Waals surface area contributed by atoms with E-state index in [2.05, 4.69) is 26.6 Å². The van der Waals surface area contributed by atoms with Crippen LogP contribution in [0.2, 0.25) is 0 Å². The SMILES string of the molecule is O=C(NC(=S)Nc1cccc(O)c1)c1ccc(Br)cc1. The second kappa shape index (κ2) is 6.49. The average molecular weight is 351 g/mol. The van der Waals surface area contributed by atoms with Crippen molar-refractivity contribution < 1.29 is 9.90 Å². The van der Waals surface area contributed by atoms with Gasteiger partial charge in [-0.2, -0.15) is 0 Å². The monoisotopic (exact) mass is 350 g/mol. The predicted octanol–water partition coefficient (Wildman–Crippen LogP) is 3.28. The van der Waals surface area contributed by atoms with Gasteiger partial charge in [0.1, 0.15) is 5.75 Å². The molecule has 0 saturated carbocycles. The molecule has 0 fully saturated rings. The number of phenols is 1. The highest BCUT2D eigenvalue weighted by molar-refractivity contribution is 9.10. The second-order valence-corrected chi connectivity index (χ2v) is 5.29. The minimum atomic E-state index is -0.296. The molecule has 0 saturated heterocycles. The van der Waals surface area contributed by atoms with Crippen LogP contribution >= 0.6 is 28.1 Å². The highest BCUT2D eigenvalue weighted by atomic mass is 79.9. The number of rotatable bonds is 2. The van der Waals surface area contributed by atoms with Gasteiger partial charge < -0.3 is 10.4 Å². The van der Waals surface area contributed by atoms with Crippen molar-refractivity contribution in [1.29, 1.82) is 0 Å². The molecular formula is C14H11BrN2O2S. The Hall–Kier alpha value is -1.92. The number of phenolic OH excluding ortho intramolecular Hbond substituents is 1. The molecule has 2 aromatic carbocycles.